The van der Waals surface area contributed by atoms with Crippen molar-refractivity contribution in [2.24, 2.45) is 0 Å². The van der Waals surface area contributed by atoms with E-state index in [0.717, 1.165) is 5.56 Å². The number of carbonyl (C=O) groups is 2. The second kappa shape index (κ2) is 11.4. The number of rotatable bonds is 8. The Balaban J connectivity index is 1.66. The molecule has 1 fully saturated rings. The molecule has 7 nitrogen and oxygen atoms in total. The first-order valence-electron chi connectivity index (χ1n) is 10.6. The van der Waals surface area contributed by atoms with Crippen LogP contribution in [-0.2, 0) is 14.8 Å². The van der Waals surface area contributed by atoms with Crippen molar-refractivity contribution < 1.29 is 18.0 Å². The molecular formula is C23H28ClN3O4S2. The minimum absolute atomic E-state index is 0.204. The molecule has 1 atom stereocenters. The van der Waals surface area contributed by atoms with Crippen LogP contribution in [0.25, 0.3) is 0 Å². The number of hydrogen-bond acceptors (Lipinski definition) is 5. The number of sulfonamides is 1. The van der Waals surface area contributed by atoms with Crippen molar-refractivity contribution in [3.05, 3.63) is 64.7 Å². The second-order valence-electron chi connectivity index (χ2n) is 7.83. The van der Waals surface area contributed by atoms with Crippen LogP contribution in [-0.4, -0.2) is 73.7 Å². The highest BCUT2D eigenvalue weighted by atomic mass is 35.5. The van der Waals surface area contributed by atoms with Crippen LogP contribution in [0.1, 0.15) is 22.3 Å². The molecular weight excluding hydrogens is 482 g/mol. The Bertz CT molecular complexity index is 1090. The molecule has 0 radical (unpaired) electrons. The number of thioether (sulfide) groups is 1. The van der Waals surface area contributed by atoms with Crippen LogP contribution in [0.15, 0.2) is 53.4 Å². The summed E-state index contributed by atoms with van der Waals surface area (Å²) in [4.78, 5) is 27.8. The molecule has 2 aromatic carbocycles. The molecule has 2 amide bonds. The minimum atomic E-state index is -3.61. The fourth-order valence-corrected chi connectivity index (χ4v) is 5.72. The number of nitrogens with one attached hydrogen (secondary N) is 1. The van der Waals surface area contributed by atoms with Gasteiger partial charge < -0.3 is 10.2 Å². The van der Waals surface area contributed by atoms with Gasteiger partial charge in [0.05, 0.1) is 15.5 Å². The van der Waals surface area contributed by atoms with E-state index in [1.807, 2.05) is 13.2 Å². The van der Waals surface area contributed by atoms with E-state index in [2.05, 4.69) is 5.32 Å². The number of amides is 2. The summed E-state index contributed by atoms with van der Waals surface area (Å²) in [6.45, 7) is 2.84. The van der Waals surface area contributed by atoms with Crippen molar-refractivity contribution in [3.63, 3.8) is 0 Å². The van der Waals surface area contributed by atoms with Gasteiger partial charge in [0.25, 0.3) is 5.91 Å². The van der Waals surface area contributed by atoms with E-state index >= 15 is 0 Å². The summed E-state index contributed by atoms with van der Waals surface area (Å²) in [5.74, 6) is 0.0820. The number of nitrogens with zero attached hydrogens (tertiary/aromatic N) is 2. The van der Waals surface area contributed by atoms with Crippen molar-refractivity contribution in [2.75, 3.05) is 38.2 Å². The van der Waals surface area contributed by atoms with Gasteiger partial charge in [-0.15, -0.1) is 0 Å². The topological polar surface area (TPSA) is 86.8 Å². The molecule has 0 unspecified atom stereocenters. The largest absolute Gasteiger partial charge is 0.340 e. The highest BCUT2D eigenvalue weighted by Gasteiger charge is 2.33. The average Bonchev–Trinajstić information content (AvgIpc) is 2.82. The minimum Gasteiger partial charge on any atom is -0.340 e. The lowest BCUT2D eigenvalue weighted by molar-refractivity contribution is -0.134. The van der Waals surface area contributed by atoms with Gasteiger partial charge in [0.15, 0.2) is 0 Å². The van der Waals surface area contributed by atoms with Crippen molar-refractivity contribution in [1.82, 2.24) is 14.5 Å². The van der Waals surface area contributed by atoms with Gasteiger partial charge >= 0.3 is 0 Å². The van der Waals surface area contributed by atoms with Crippen LogP contribution >= 0.6 is 23.4 Å². The molecule has 2 aromatic rings. The molecule has 33 heavy (non-hydrogen) atoms. The maximum Gasteiger partial charge on any atom is 0.253 e. The molecule has 0 bridgehead atoms. The highest BCUT2D eigenvalue weighted by molar-refractivity contribution is 7.98. The number of hydrogen-bond donors (Lipinski definition) is 1. The number of aryl methyl sites for hydroxylation is 1. The lowest BCUT2D eigenvalue weighted by Crippen LogP contribution is -2.55. The van der Waals surface area contributed by atoms with E-state index in [-0.39, 0.29) is 37.0 Å². The first kappa shape index (κ1) is 25.6. The van der Waals surface area contributed by atoms with Gasteiger partial charge in [-0.3, -0.25) is 9.59 Å². The zero-order valence-corrected chi connectivity index (χ0v) is 21.0. The monoisotopic (exact) mass is 509 g/mol. The second-order valence-corrected chi connectivity index (χ2v) is 11.2. The summed E-state index contributed by atoms with van der Waals surface area (Å²) in [7, 11) is -3.61. The molecule has 1 saturated heterocycles. The van der Waals surface area contributed by atoms with Crippen LogP contribution in [0.2, 0.25) is 5.02 Å². The lowest BCUT2D eigenvalue weighted by Gasteiger charge is -2.36. The highest BCUT2D eigenvalue weighted by Crippen LogP contribution is 2.20. The first-order chi connectivity index (χ1) is 15.7. The van der Waals surface area contributed by atoms with Gasteiger partial charge in [-0.05, 0) is 49.6 Å². The number of benzene rings is 2. The Labute approximate surface area is 204 Å². The SMILES string of the molecule is CSCC[C@@H](NC(=O)c1ccccc1Cl)C(=O)N1CCN(S(=O)(=O)c2ccc(C)cc2)CC1. The van der Waals surface area contributed by atoms with Gasteiger partial charge in [-0.25, -0.2) is 8.42 Å². The molecule has 0 spiro atoms. The molecule has 178 valence electrons. The molecule has 1 aliphatic rings. The van der Waals surface area contributed by atoms with Gasteiger partial charge in [0.1, 0.15) is 6.04 Å². The summed E-state index contributed by atoms with van der Waals surface area (Å²) in [5.41, 5.74) is 1.30. The van der Waals surface area contributed by atoms with Crippen molar-refractivity contribution in [3.8, 4) is 0 Å². The van der Waals surface area contributed by atoms with Crippen LogP contribution in [0, 0.1) is 6.92 Å². The Morgan fingerprint density at radius 1 is 1.06 bits per heavy atom. The van der Waals surface area contributed by atoms with Gasteiger partial charge in [0.2, 0.25) is 15.9 Å². The van der Waals surface area contributed by atoms with E-state index < -0.39 is 22.0 Å². The molecule has 1 aliphatic heterocycles. The number of carbonyl (C=O) groups excluding carboxylic acids is 2. The molecule has 3 rings (SSSR count). The van der Waals surface area contributed by atoms with Crippen LogP contribution < -0.4 is 5.32 Å². The molecule has 1 heterocycles. The third-order valence-corrected chi connectivity index (χ3v) is 8.43. The van der Waals surface area contributed by atoms with Crippen molar-refractivity contribution >= 4 is 45.2 Å². The zero-order chi connectivity index (χ0) is 24.0. The number of halogens is 1. The van der Waals surface area contributed by atoms with Crippen molar-refractivity contribution in [1.29, 1.82) is 0 Å². The Hall–Kier alpha value is -2.07. The molecule has 0 aliphatic carbocycles. The Morgan fingerprint density at radius 2 is 1.70 bits per heavy atom. The Morgan fingerprint density at radius 3 is 2.30 bits per heavy atom. The normalized spacial score (nSPS) is 15.8. The molecule has 0 aromatic heterocycles. The zero-order valence-electron chi connectivity index (χ0n) is 18.7. The third kappa shape index (κ3) is 6.29. The van der Waals surface area contributed by atoms with E-state index in [1.54, 1.807) is 65.2 Å². The average molecular weight is 510 g/mol. The predicted octanol–water partition coefficient (Wildman–Crippen LogP) is 3.03. The van der Waals surface area contributed by atoms with Crippen molar-refractivity contribution in [2.45, 2.75) is 24.3 Å². The first-order valence-corrected chi connectivity index (χ1v) is 13.8. The summed E-state index contributed by atoms with van der Waals surface area (Å²) in [5, 5.41) is 3.14. The summed E-state index contributed by atoms with van der Waals surface area (Å²) < 4.78 is 27.3. The lowest BCUT2D eigenvalue weighted by atomic mass is 10.1. The van der Waals surface area contributed by atoms with Gasteiger partial charge in [-0.1, -0.05) is 41.4 Å². The summed E-state index contributed by atoms with van der Waals surface area (Å²) in [6, 6.07) is 12.7. The maximum atomic E-state index is 13.2. The van der Waals surface area contributed by atoms with Gasteiger partial charge in [-0.2, -0.15) is 16.1 Å². The predicted molar refractivity (Wildman–Crippen MR) is 132 cm³/mol. The molecule has 0 saturated carbocycles. The standard InChI is InChI=1S/C23H28ClN3O4S2/c1-17-7-9-18(10-8-17)33(30,31)27-14-12-26(13-15-27)23(29)21(11-16-32-2)25-22(28)19-5-3-4-6-20(19)24/h3-10,21H,11-16H2,1-2H3,(H,25,28)/t21-/m1/s1. The maximum absolute atomic E-state index is 13.2. The van der Waals surface area contributed by atoms with E-state index in [4.69, 9.17) is 11.6 Å². The van der Waals surface area contributed by atoms with E-state index in [0.29, 0.717) is 22.8 Å². The summed E-state index contributed by atoms with van der Waals surface area (Å²) >= 11 is 7.72. The van der Waals surface area contributed by atoms with E-state index in [9.17, 15) is 18.0 Å². The van der Waals surface area contributed by atoms with Crippen LogP contribution in [0.5, 0.6) is 0 Å². The fourth-order valence-electron chi connectivity index (χ4n) is 3.60. The van der Waals surface area contributed by atoms with E-state index in [1.165, 1.54) is 4.31 Å². The molecule has 1 N–H and O–H groups in total. The quantitative estimate of drug-likeness (QED) is 0.591. The Kier molecular flexibility index (Phi) is 8.81. The number of piperazine rings is 1. The smallest absolute Gasteiger partial charge is 0.253 e. The van der Waals surface area contributed by atoms with Crippen LogP contribution in [0.3, 0.4) is 0 Å². The van der Waals surface area contributed by atoms with Gasteiger partial charge in [0, 0.05) is 26.2 Å². The molecule has 10 heteroatoms. The third-order valence-electron chi connectivity index (χ3n) is 5.54. The summed E-state index contributed by atoms with van der Waals surface area (Å²) in [6.07, 6.45) is 2.41. The van der Waals surface area contributed by atoms with Crippen LogP contribution in [0.4, 0.5) is 0 Å². The fraction of sp³-hybridized carbons (Fsp3) is 0.391.